The summed E-state index contributed by atoms with van der Waals surface area (Å²) in [5.74, 6) is 1.09. The minimum atomic E-state index is -4.51. The van der Waals surface area contributed by atoms with Gasteiger partial charge in [-0.05, 0) is 25.8 Å². The summed E-state index contributed by atoms with van der Waals surface area (Å²) in [6.07, 6.45) is 0.881. The third kappa shape index (κ3) is 4.95. The van der Waals surface area contributed by atoms with Crippen molar-refractivity contribution in [2.75, 3.05) is 19.6 Å². The third-order valence-electron chi connectivity index (χ3n) is 4.43. The number of aromatic amines is 1. The largest absolute Gasteiger partial charge is 0.433 e. The van der Waals surface area contributed by atoms with E-state index in [0.29, 0.717) is 13.1 Å². The van der Waals surface area contributed by atoms with E-state index in [-0.39, 0.29) is 36.4 Å². The van der Waals surface area contributed by atoms with Gasteiger partial charge in [-0.3, -0.25) is 0 Å². The fourth-order valence-corrected chi connectivity index (χ4v) is 3.17. The molecule has 0 bridgehead atoms. The molecule has 0 radical (unpaired) electrons. The van der Waals surface area contributed by atoms with Gasteiger partial charge in [0.2, 0.25) is 0 Å². The Bertz CT molecular complexity index is 777. The second-order valence-electron chi connectivity index (χ2n) is 6.55. The molecule has 1 fully saturated rings. The van der Waals surface area contributed by atoms with Crippen LogP contribution in [0, 0.1) is 6.92 Å². The molecule has 7 nitrogen and oxygen atoms in total. The Labute approximate surface area is 154 Å². The number of aromatic nitrogens is 4. The molecule has 27 heavy (non-hydrogen) atoms. The van der Waals surface area contributed by atoms with Crippen molar-refractivity contribution in [2.45, 2.75) is 38.3 Å². The minimum absolute atomic E-state index is 0.0646. The van der Waals surface area contributed by atoms with Crippen LogP contribution in [0.2, 0.25) is 0 Å². The minimum Gasteiger partial charge on any atom is -0.348 e. The maximum atomic E-state index is 12.8. The van der Waals surface area contributed by atoms with Crippen molar-refractivity contribution < 1.29 is 18.0 Å². The van der Waals surface area contributed by atoms with Crippen LogP contribution < -0.4 is 5.32 Å². The van der Waals surface area contributed by atoms with Crippen molar-refractivity contribution in [3.8, 4) is 0 Å². The van der Waals surface area contributed by atoms with Crippen molar-refractivity contribution in [3.63, 3.8) is 0 Å². The van der Waals surface area contributed by atoms with Crippen molar-refractivity contribution in [3.05, 3.63) is 41.5 Å². The zero-order chi connectivity index (χ0) is 19.4. The number of likely N-dealkylation sites (tertiary alicyclic amines) is 1. The van der Waals surface area contributed by atoms with Gasteiger partial charge in [0.25, 0.3) is 0 Å². The summed E-state index contributed by atoms with van der Waals surface area (Å²) in [5, 5.41) is 2.74. The molecule has 0 aliphatic carbocycles. The number of nitrogens with one attached hydrogen (secondary N) is 2. The maximum absolute atomic E-state index is 12.8. The van der Waals surface area contributed by atoms with Gasteiger partial charge in [0, 0.05) is 50.1 Å². The van der Waals surface area contributed by atoms with E-state index in [1.165, 1.54) is 6.92 Å². The standard InChI is InChI=1S/C17H21F3N6O/c1-11-9-13(17(18,19)20)25-14(24-11)4-5-23-16(27)26-8-2-3-12(10-26)15-21-6-7-22-15/h6-7,9,12H,2-5,8,10H2,1H3,(H,21,22)(H,23,27)/t12-/m0/s1. The lowest BCUT2D eigenvalue weighted by Crippen LogP contribution is -2.45. The number of imidazole rings is 1. The highest BCUT2D eigenvalue weighted by Gasteiger charge is 2.33. The maximum Gasteiger partial charge on any atom is 0.433 e. The first-order valence-electron chi connectivity index (χ1n) is 8.77. The zero-order valence-corrected chi connectivity index (χ0v) is 14.9. The molecular formula is C17H21F3N6O. The van der Waals surface area contributed by atoms with E-state index >= 15 is 0 Å². The summed E-state index contributed by atoms with van der Waals surface area (Å²) in [5.41, 5.74) is -0.718. The number of rotatable bonds is 4. The number of piperidine rings is 1. The number of alkyl halides is 3. The smallest absolute Gasteiger partial charge is 0.348 e. The van der Waals surface area contributed by atoms with Gasteiger partial charge in [0.05, 0.1) is 0 Å². The van der Waals surface area contributed by atoms with Crippen molar-refractivity contribution >= 4 is 6.03 Å². The van der Waals surface area contributed by atoms with Crippen LogP contribution in [-0.4, -0.2) is 50.5 Å². The van der Waals surface area contributed by atoms with E-state index in [1.807, 2.05) is 0 Å². The predicted octanol–water partition coefficient (Wildman–Crippen LogP) is 2.66. The van der Waals surface area contributed by atoms with E-state index in [9.17, 15) is 18.0 Å². The molecule has 10 heteroatoms. The summed E-state index contributed by atoms with van der Waals surface area (Å²) < 4.78 is 38.5. The Kier molecular flexibility index (Phi) is 5.62. The van der Waals surface area contributed by atoms with Crippen LogP contribution in [-0.2, 0) is 12.6 Å². The van der Waals surface area contributed by atoms with Crippen LogP contribution in [0.1, 0.15) is 41.8 Å². The Morgan fingerprint density at radius 1 is 1.41 bits per heavy atom. The molecule has 146 valence electrons. The van der Waals surface area contributed by atoms with E-state index < -0.39 is 11.9 Å². The second kappa shape index (κ2) is 7.93. The number of hydrogen-bond donors (Lipinski definition) is 2. The predicted molar refractivity (Wildman–Crippen MR) is 91.0 cm³/mol. The lowest BCUT2D eigenvalue weighted by Gasteiger charge is -2.31. The van der Waals surface area contributed by atoms with E-state index in [1.54, 1.807) is 17.3 Å². The van der Waals surface area contributed by atoms with Gasteiger partial charge in [0.15, 0.2) is 0 Å². The van der Waals surface area contributed by atoms with Gasteiger partial charge >= 0.3 is 12.2 Å². The molecule has 2 aromatic heterocycles. The lowest BCUT2D eigenvalue weighted by molar-refractivity contribution is -0.141. The fraction of sp³-hybridized carbons (Fsp3) is 0.529. The molecule has 3 heterocycles. The first kappa shape index (κ1) is 19.1. The molecule has 2 N–H and O–H groups in total. The molecule has 1 saturated heterocycles. The van der Waals surface area contributed by atoms with E-state index in [0.717, 1.165) is 24.7 Å². The quantitative estimate of drug-likeness (QED) is 0.851. The highest BCUT2D eigenvalue weighted by molar-refractivity contribution is 5.74. The normalized spacial score (nSPS) is 17.8. The van der Waals surface area contributed by atoms with Gasteiger partial charge in [-0.2, -0.15) is 13.2 Å². The highest BCUT2D eigenvalue weighted by atomic mass is 19.4. The molecule has 0 unspecified atom stereocenters. The molecule has 1 aliphatic heterocycles. The molecule has 2 amide bonds. The van der Waals surface area contributed by atoms with Gasteiger partial charge in [-0.15, -0.1) is 0 Å². The lowest BCUT2D eigenvalue weighted by atomic mass is 9.98. The average molecular weight is 382 g/mol. The summed E-state index contributed by atoms with van der Waals surface area (Å²) in [6, 6.07) is 0.667. The SMILES string of the molecule is Cc1cc(C(F)(F)F)nc(CCNC(=O)N2CCC[C@H](c3ncc[nH]3)C2)n1. The van der Waals surface area contributed by atoms with Crippen molar-refractivity contribution in [1.29, 1.82) is 0 Å². The molecule has 2 aromatic rings. The van der Waals surface area contributed by atoms with Crippen LogP contribution in [0.4, 0.5) is 18.0 Å². The van der Waals surface area contributed by atoms with Crippen LogP contribution in [0.25, 0.3) is 0 Å². The molecule has 0 aromatic carbocycles. The number of H-pyrrole nitrogens is 1. The van der Waals surface area contributed by atoms with Crippen LogP contribution >= 0.6 is 0 Å². The molecule has 0 saturated carbocycles. The summed E-state index contributed by atoms with van der Waals surface area (Å²) in [4.78, 5) is 28.9. The monoisotopic (exact) mass is 382 g/mol. The number of hydrogen-bond acceptors (Lipinski definition) is 4. The number of amides is 2. The molecule has 3 rings (SSSR count). The number of carbonyl (C=O) groups excluding carboxylic acids is 1. The first-order valence-corrected chi connectivity index (χ1v) is 8.77. The van der Waals surface area contributed by atoms with Crippen LogP contribution in [0.5, 0.6) is 0 Å². The van der Waals surface area contributed by atoms with E-state index in [4.69, 9.17) is 0 Å². The van der Waals surface area contributed by atoms with Gasteiger partial charge < -0.3 is 15.2 Å². The number of carbonyl (C=O) groups is 1. The van der Waals surface area contributed by atoms with E-state index in [2.05, 4.69) is 25.3 Å². The third-order valence-corrected chi connectivity index (χ3v) is 4.43. The number of urea groups is 1. The molecule has 0 spiro atoms. The van der Waals surface area contributed by atoms with Crippen LogP contribution in [0.3, 0.4) is 0 Å². The van der Waals surface area contributed by atoms with Crippen molar-refractivity contribution in [1.82, 2.24) is 30.2 Å². The van der Waals surface area contributed by atoms with Gasteiger partial charge in [0.1, 0.15) is 17.3 Å². The average Bonchev–Trinajstić information content (AvgIpc) is 3.15. The van der Waals surface area contributed by atoms with Gasteiger partial charge in [-0.1, -0.05) is 0 Å². The second-order valence-corrected chi connectivity index (χ2v) is 6.55. The Balaban J connectivity index is 1.53. The zero-order valence-electron chi connectivity index (χ0n) is 14.9. The Morgan fingerprint density at radius 3 is 2.93 bits per heavy atom. The molecular weight excluding hydrogens is 361 g/mol. The number of nitrogens with zero attached hydrogens (tertiary/aromatic N) is 4. The Morgan fingerprint density at radius 2 is 2.22 bits per heavy atom. The summed E-state index contributed by atoms with van der Waals surface area (Å²) in [6.45, 7) is 2.85. The Hall–Kier alpha value is -2.65. The van der Waals surface area contributed by atoms with Crippen LogP contribution in [0.15, 0.2) is 18.5 Å². The summed E-state index contributed by atoms with van der Waals surface area (Å²) >= 11 is 0. The fourth-order valence-electron chi connectivity index (χ4n) is 3.17. The highest BCUT2D eigenvalue weighted by Crippen LogP contribution is 2.28. The molecule has 1 aliphatic rings. The van der Waals surface area contributed by atoms with Crippen molar-refractivity contribution in [2.24, 2.45) is 0 Å². The number of aryl methyl sites for hydroxylation is 1. The summed E-state index contributed by atoms with van der Waals surface area (Å²) in [7, 11) is 0. The molecule has 1 atom stereocenters. The topological polar surface area (TPSA) is 86.8 Å². The van der Waals surface area contributed by atoms with Gasteiger partial charge in [-0.25, -0.2) is 19.7 Å². The number of halogens is 3. The first-order chi connectivity index (χ1) is 12.8.